The molecule has 0 aromatic carbocycles. The molecule has 6 heteroatoms. The van der Waals surface area contributed by atoms with E-state index in [9.17, 15) is 9.59 Å². The van der Waals surface area contributed by atoms with Gasteiger partial charge in [0.2, 0.25) is 0 Å². The van der Waals surface area contributed by atoms with Gasteiger partial charge in [-0.15, -0.1) is 11.3 Å². The average Bonchev–Trinajstić information content (AvgIpc) is 2.81. The van der Waals surface area contributed by atoms with Crippen molar-refractivity contribution in [3.63, 3.8) is 0 Å². The van der Waals surface area contributed by atoms with Crippen molar-refractivity contribution in [2.75, 3.05) is 14.2 Å². The Labute approximate surface area is 97.4 Å². The minimum Gasteiger partial charge on any atom is -0.468 e. The van der Waals surface area contributed by atoms with E-state index < -0.39 is 17.9 Å². The Morgan fingerprint density at radius 3 is 2.25 bits per heavy atom. The van der Waals surface area contributed by atoms with Crippen LogP contribution in [0.5, 0.6) is 0 Å². The fourth-order valence-corrected chi connectivity index (χ4v) is 2.09. The zero-order valence-corrected chi connectivity index (χ0v) is 10.1. The van der Waals surface area contributed by atoms with Gasteiger partial charge in [-0.05, 0) is 0 Å². The molecule has 5 nitrogen and oxygen atoms in total. The summed E-state index contributed by atoms with van der Waals surface area (Å²) in [6.45, 7) is 1.75. The van der Waals surface area contributed by atoms with Crippen molar-refractivity contribution in [3.8, 4) is 0 Å². The van der Waals surface area contributed by atoms with Gasteiger partial charge in [0.1, 0.15) is 0 Å². The SMILES string of the molecule is COC(=O)C(C(=O)OC)C(C)c1nccs1. The summed E-state index contributed by atoms with van der Waals surface area (Å²) in [5.74, 6) is -2.51. The summed E-state index contributed by atoms with van der Waals surface area (Å²) in [6.07, 6.45) is 1.63. The average molecular weight is 243 g/mol. The molecule has 0 aliphatic rings. The van der Waals surface area contributed by atoms with E-state index in [1.165, 1.54) is 25.6 Å². The van der Waals surface area contributed by atoms with Crippen molar-refractivity contribution in [2.45, 2.75) is 12.8 Å². The van der Waals surface area contributed by atoms with Crippen molar-refractivity contribution in [2.24, 2.45) is 5.92 Å². The van der Waals surface area contributed by atoms with Crippen LogP contribution in [0.15, 0.2) is 11.6 Å². The van der Waals surface area contributed by atoms with E-state index in [0.29, 0.717) is 5.01 Å². The van der Waals surface area contributed by atoms with E-state index in [0.717, 1.165) is 0 Å². The number of thiazole rings is 1. The summed E-state index contributed by atoms with van der Waals surface area (Å²) >= 11 is 1.39. The van der Waals surface area contributed by atoms with Crippen molar-refractivity contribution >= 4 is 23.3 Å². The first-order valence-corrected chi connectivity index (χ1v) is 5.54. The molecule has 16 heavy (non-hydrogen) atoms. The highest BCUT2D eigenvalue weighted by Crippen LogP contribution is 2.27. The second-order valence-corrected chi connectivity index (χ2v) is 4.11. The Morgan fingerprint density at radius 2 is 1.88 bits per heavy atom. The van der Waals surface area contributed by atoms with Crippen LogP contribution in [0.4, 0.5) is 0 Å². The molecule has 1 rings (SSSR count). The Bertz CT molecular complexity index is 347. The first-order chi connectivity index (χ1) is 7.61. The maximum Gasteiger partial charge on any atom is 0.320 e. The van der Waals surface area contributed by atoms with Crippen molar-refractivity contribution in [3.05, 3.63) is 16.6 Å². The van der Waals surface area contributed by atoms with Gasteiger partial charge in [-0.1, -0.05) is 6.92 Å². The lowest BCUT2D eigenvalue weighted by atomic mass is 9.95. The van der Waals surface area contributed by atoms with Gasteiger partial charge in [0, 0.05) is 17.5 Å². The number of nitrogens with zero attached hydrogens (tertiary/aromatic N) is 1. The lowest BCUT2D eigenvalue weighted by Crippen LogP contribution is -2.31. The van der Waals surface area contributed by atoms with E-state index in [2.05, 4.69) is 14.5 Å². The Balaban J connectivity index is 2.93. The van der Waals surface area contributed by atoms with Crippen LogP contribution in [0.2, 0.25) is 0 Å². The number of aromatic nitrogens is 1. The molecule has 0 spiro atoms. The number of hydrogen-bond donors (Lipinski definition) is 0. The zero-order chi connectivity index (χ0) is 12.1. The molecular weight excluding hydrogens is 230 g/mol. The van der Waals surface area contributed by atoms with Gasteiger partial charge in [-0.3, -0.25) is 9.59 Å². The van der Waals surface area contributed by atoms with Gasteiger partial charge in [-0.2, -0.15) is 0 Å². The molecule has 0 saturated heterocycles. The summed E-state index contributed by atoms with van der Waals surface area (Å²) < 4.78 is 9.18. The Kier molecular flexibility index (Phi) is 4.42. The molecular formula is C10H13NO4S. The second-order valence-electron chi connectivity index (χ2n) is 3.18. The molecule has 88 valence electrons. The smallest absolute Gasteiger partial charge is 0.320 e. The van der Waals surface area contributed by atoms with Gasteiger partial charge < -0.3 is 9.47 Å². The highest BCUT2D eigenvalue weighted by atomic mass is 32.1. The molecule has 1 unspecified atom stereocenters. The molecule has 0 aliphatic carbocycles. The largest absolute Gasteiger partial charge is 0.468 e. The van der Waals surface area contributed by atoms with Crippen LogP contribution in [0.3, 0.4) is 0 Å². The van der Waals surface area contributed by atoms with E-state index in [-0.39, 0.29) is 5.92 Å². The first-order valence-electron chi connectivity index (χ1n) is 4.66. The highest BCUT2D eigenvalue weighted by Gasteiger charge is 2.36. The third-order valence-electron chi connectivity index (χ3n) is 2.25. The lowest BCUT2D eigenvalue weighted by molar-refractivity contribution is -0.159. The molecule has 0 radical (unpaired) electrons. The zero-order valence-electron chi connectivity index (χ0n) is 9.30. The van der Waals surface area contributed by atoms with Crippen LogP contribution in [0.25, 0.3) is 0 Å². The van der Waals surface area contributed by atoms with Gasteiger partial charge in [0.15, 0.2) is 5.92 Å². The molecule has 1 atom stereocenters. The molecule has 1 aromatic rings. The van der Waals surface area contributed by atoms with Crippen molar-refractivity contribution in [1.29, 1.82) is 0 Å². The number of carbonyl (C=O) groups excluding carboxylic acids is 2. The van der Waals surface area contributed by atoms with Crippen LogP contribution >= 0.6 is 11.3 Å². The molecule has 0 amide bonds. The topological polar surface area (TPSA) is 65.5 Å². The Morgan fingerprint density at radius 1 is 1.31 bits per heavy atom. The molecule has 1 heterocycles. The molecule has 0 bridgehead atoms. The molecule has 0 N–H and O–H groups in total. The predicted molar refractivity (Wildman–Crippen MR) is 58.1 cm³/mol. The minimum absolute atomic E-state index is 0.347. The van der Waals surface area contributed by atoms with Gasteiger partial charge in [-0.25, -0.2) is 4.98 Å². The normalized spacial score (nSPS) is 12.2. The highest BCUT2D eigenvalue weighted by molar-refractivity contribution is 7.09. The predicted octanol–water partition coefficient (Wildman–Crippen LogP) is 1.21. The number of esters is 2. The van der Waals surface area contributed by atoms with E-state index in [4.69, 9.17) is 0 Å². The van der Waals surface area contributed by atoms with Crippen LogP contribution in [0, 0.1) is 5.92 Å². The Hall–Kier alpha value is -1.43. The fourth-order valence-electron chi connectivity index (χ4n) is 1.36. The molecule has 0 saturated carbocycles. The maximum absolute atomic E-state index is 11.5. The number of ether oxygens (including phenoxy) is 2. The van der Waals surface area contributed by atoms with Crippen LogP contribution in [0.1, 0.15) is 17.8 Å². The summed E-state index contributed by atoms with van der Waals surface area (Å²) in [7, 11) is 2.49. The summed E-state index contributed by atoms with van der Waals surface area (Å²) in [4.78, 5) is 27.1. The van der Waals surface area contributed by atoms with E-state index >= 15 is 0 Å². The second kappa shape index (κ2) is 5.60. The first kappa shape index (κ1) is 12.6. The summed E-state index contributed by atoms with van der Waals surface area (Å²) in [6, 6.07) is 0. The van der Waals surface area contributed by atoms with E-state index in [1.54, 1.807) is 18.5 Å². The third-order valence-corrected chi connectivity index (χ3v) is 3.23. The van der Waals surface area contributed by atoms with Crippen molar-refractivity contribution < 1.29 is 19.1 Å². The summed E-state index contributed by atoms with van der Waals surface area (Å²) in [5, 5.41) is 2.50. The van der Waals surface area contributed by atoms with Crippen LogP contribution in [-0.4, -0.2) is 31.1 Å². The minimum atomic E-state index is -0.957. The van der Waals surface area contributed by atoms with Crippen molar-refractivity contribution in [1.82, 2.24) is 4.98 Å². The standard InChI is InChI=1S/C10H13NO4S/c1-6(8-11-4-5-16-8)7(9(12)14-2)10(13)15-3/h4-7H,1-3H3. The van der Waals surface area contributed by atoms with Gasteiger partial charge in [0.25, 0.3) is 0 Å². The number of rotatable bonds is 4. The number of hydrogen-bond acceptors (Lipinski definition) is 6. The van der Waals surface area contributed by atoms with Crippen LogP contribution < -0.4 is 0 Å². The molecule has 1 aromatic heterocycles. The van der Waals surface area contributed by atoms with Crippen LogP contribution in [-0.2, 0) is 19.1 Å². The van der Waals surface area contributed by atoms with Gasteiger partial charge in [0.05, 0.1) is 19.2 Å². The monoisotopic (exact) mass is 243 g/mol. The maximum atomic E-state index is 11.5. The quantitative estimate of drug-likeness (QED) is 0.587. The molecule has 0 aliphatic heterocycles. The molecule has 0 fully saturated rings. The number of carbonyl (C=O) groups is 2. The lowest BCUT2D eigenvalue weighted by Gasteiger charge is -2.17. The number of methoxy groups -OCH3 is 2. The summed E-state index contributed by atoms with van der Waals surface area (Å²) in [5.41, 5.74) is 0. The van der Waals surface area contributed by atoms with E-state index in [1.807, 2.05) is 0 Å². The fraction of sp³-hybridized carbons (Fsp3) is 0.500. The third kappa shape index (κ3) is 2.57. The van der Waals surface area contributed by atoms with Gasteiger partial charge >= 0.3 is 11.9 Å².